The number of likely N-dealkylation sites (N-methyl/N-ethyl adjacent to an activating group) is 1. The van der Waals surface area contributed by atoms with Crippen molar-refractivity contribution in [2.75, 3.05) is 33.7 Å². The van der Waals surface area contributed by atoms with Gasteiger partial charge in [-0.1, -0.05) is 18.1 Å². The molecule has 0 radical (unpaired) electrons. The molecule has 3 unspecified atom stereocenters. The molecule has 2 aliphatic rings. The molecule has 3 atom stereocenters. The van der Waals surface area contributed by atoms with E-state index in [0.29, 0.717) is 11.9 Å². The maximum Gasteiger partial charge on any atom is 0.188 e. The van der Waals surface area contributed by atoms with Gasteiger partial charge in [-0.05, 0) is 66.7 Å². The standard InChI is InChI=1S/C18H33N3O/c1-14-12-16(20(3)4)8-9-17(14)18(19)22-15(2)13-21-10-6-5-7-11-21/h12,15-17,19H,5-11,13H2,1-4H3. The fraction of sp³-hybridized carbons (Fsp3) is 0.833. The average Bonchev–Trinajstić information content (AvgIpc) is 2.47. The normalized spacial score (nSPS) is 28.3. The lowest BCUT2D eigenvalue weighted by molar-refractivity contribution is 0.114. The van der Waals surface area contributed by atoms with Crippen LogP contribution in [0.4, 0.5) is 0 Å². The molecule has 1 saturated heterocycles. The lowest BCUT2D eigenvalue weighted by atomic mass is 9.85. The van der Waals surface area contributed by atoms with Gasteiger partial charge in [0.2, 0.25) is 0 Å². The van der Waals surface area contributed by atoms with Crippen molar-refractivity contribution in [1.82, 2.24) is 9.80 Å². The number of piperidine rings is 1. The van der Waals surface area contributed by atoms with E-state index in [9.17, 15) is 0 Å². The van der Waals surface area contributed by atoms with Crippen molar-refractivity contribution in [3.63, 3.8) is 0 Å². The first-order valence-electron chi connectivity index (χ1n) is 8.79. The highest BCUT2D eigenvalue weighted by atomic mass is 16.5. The fourth-order valence-corrected chi connectivity index (χ4v) is 3.65. The molecule has 0 aromatic rings. The maximum absolute atomic E-state index is 8.34. The van der Waals surface area contributed by atoms with Crippen LogP contribution in [-0.2, 0) is 4.74 Å². The topological polar surface area (TPSA) is 39.6 Å². The molecule has 0 spiro atoms. The first-order valence-corrected chi connectivity index (χ1v) is 8.79. The molecule has 0 saturated carbocycles. The van der Waals surface area contributed by atoms with Crippen LogP contribution < -0.4 is 0 Å². The summed E-state index contributed by atoms with van der Waals surface area (Å²) in [4.78, 5) is 4.73. The molecule has 0 aromatic carbocycles. The minimum absolute atomic E-state index is 0.116. The highest BCUT2D eigenvalue weighted by molar-refractivity contribution is 5.79. The summed E-state index contributed by atoms with van der Waals surface area (Å²) in [5, 5.41) is 8.34. The second-order valence-corrected chi connectivity index (χ2v) is 7.23. The molecule has 1 heterocycles. The summed E-state index contributed by atoms with van der Waals surface area (Å²) in [7, 11) is 4.24. The molecule has 1 aliphatic heterocycles. The van der Waals surface area contributed by atoms with Gasteiger partial charge in [-0.25, -0.2) is 0 Å². The fourth-order valence-electron chi connectivity index (χ4n) is 3.65. The molecule has 0 amide bonds. The van der Waals surface area contributed by atoms with Crippen molar-refractivity contribution < 1.29 is 4.74 Å². The van der Waals surface area contributed by atoms with Gasteiger partial charge in [0.05, 0.1) is 5.92 Å². The minimum Gasteiger partial charge on any atom is -0.476 e. The van der Waals surface area contributed by atoms with Gasteiger partial charge in [0.1, 0.15) is 6.10 Å². The smallest absolute Gasteiger partial charge is 0.188 e. The van der Waals surface area contributed by atoms with Crippen LogP contribution in [0, 0.1) is 11.3 Å². The predicted molar refractivity (Wildman–Crippen MR) is 92.5 cm³/mol. The Morgan fingerprint density at radius 3 is 2.59 bits per heavy atom. The largest absolute Gasteiger partial charge is 0.476 e. The summed E-state index contributed by atoms with van der Waals surface area (Å²) in [6.45, 7) is 7.58. The molecule has 4 nitrogen and oxygen atoms in total. The van der Waals surface area contributed by atoms with Crippen LogP contribution in [0.1, 0.15) is 46.0 Å². The van der Waals surface area contributed by atoms with E-state index in [1.807, 2.05) is 0 Å². The van der Waals surface area contributed by atoms with Gasteiger partial charge in [-0.2, -0.15) is 0 Å². The molecule has 22 heavy (non-hydrogen) atoms. The van der Waals surface area contributed by atoms with Gasteiger partial charge < -0.3 is 9.64 Å². The van der Waals surface area contributed by atoms with Crippen LogP contribution in [0.25, 0.3) is 0 Å². The third kappa shape index (κ3) is 4.82. The van der Waals surface area contributed by atoms with E-state index in [4.69, 9.17) is 10.1 Å². The van der Waals surface area contributed by atoms with E-state index in [1.165, 1.54) is 37.9 Å². The number of rotatable bonds is 5. The zero-order valence-corrected chi connectivity index (χ0v) is 14.8. The Bertz CT molecular complexity index is 399. The molecular formula is C18H33N3O. The van der Waals surface area contributed by atoms with Gasteiger partial charge in [0, 0.05) is 12.6 Å². The lowest BCUT2D eigenvalue weighted by Crippen LogP contribution is -2.38. The molecule has 0 bridgehead atoms. The molecule has 0 aromatic heterocycles. The van der Waals surface area contributed by atoms with Crippen LogP contribution in [0.5, 0.6) is 0 Å². The molecule has 1 N–H and O–H groups in total. The second-order valence-electron chi connectivity index (χ2n) is 7.23. The Balaban J connectivity index is 1.82. The molecule has 1 aliphatic carbocycles. The quantitative estimate of drug-likeness (QED) is 0.482. The Kier molecular flexibility index (Phi) is 6.45. The van der Waals surface area contributed by atoms with Crippen LogP contribution in [0.15, 0.2) is 11.6 Å². The molecule has 1 fully saturated rings. The molecular weight excluding hydrogens is 274 g/mol. The van der Waals surface area contributed by atoms with E-state index < -0.39 is 0 Å². The van der Waals surface area contributed by atoms with Gasteiger partial charge in [-0.3, -0.25) is 10.3 Å². The first-order chi connectivity index (χ1) is 10.5. The Morgan fingerprint density at radius 2 is 2.00 bits per heavy atom. The van der Waals surface area contributed by atoms with Crippen LogP contribution in [-0.4, -0.2) is 61.6 Å². The number of likely N-dealkylation sites (tertiary alicyclic amines) is 1. The number of ether oxygens (including phenoxy) is 1. The van der Waals surface area contributed by atoms with Crippen molar-refractivity contribution in [2.45, 2.75) is 58.1 Å². The van der Waals surface area contributed by atoms with Gasteiger partial charge >= 0.3 is 0 Å². The maximum atomic E-state index is 8.34. The Morgan fingerprint density at radius 1 is 1.32 bits per heavy atom. The highest BCUT2D eigenvalue weighted by Crippen LogP contribution is 2.28. The van der Waals surface area contributed by atoms with Crippen molar-refractivity contribution in [3.8, 4) is 0 Å². The Hall–Kier alpha value is -0.870. The summed E-state index contributed by atoms with van der Waals surface area (Å²) in [6.07, 6.45) is 8.54. The first kappa shape index (κ1) is 17.5. The van der Waals surface area contributed by atoms with Crippen molar-refractivity contribution in [1.29, 1.82) is 5.41 Å². The number of hydrogen-bond donors (Lipinski definition) is 1. The van der Waals surface area contributed by atoms with Crippen molar-refractivity contribution >= 4 is 5.90 Å². The summed E-state index contributed by atoms with van der Waals surface area (Å²) < 4.78 is 5.95. The van der Waals surface area contributed by atoms with E-state index in [-0.39, 0.29) is 12.0 Å². The highest BCUT2D eigenvalue weighted by Gasteiger charge is 2.27. The zero-order chi connectivity index (χ0) is 16.1. The Labute approximate surface area is 136 Å². The van der Waals surface area contributed by atoms with Crippen molar-refractivity contribution in [2.24, 2.45) is 5.92 Å². The summed E-state index contributed by atoms with van der Waals surface area (Å²) in [5.41, 5.74) is 1.29. The van der Waals surface area contributed by atoms with E-state index in [1.54, 1.807) is 0 Å². The molecule has 2 rings (SSSR count). The average molecular weight is 307 g/mol. The second kappa shape index (κ2) is 8.11. The van der Waals surface area contributed by atoms with Crippen LogP contribution in [0.2, 0.25) is 0 Å². The number of nitrogens with zero attached hydrogens (tertiary/aromatic N) is 2. The third-order valence-electron chi connectivity index (χ3n) is 5.03. The zero-order valence-electron chi connectivity index (χ0n) is 14.8. The molecule has 4 heteroatoms. The summed E-state index contributed by atoms with van der Waals surface area (Å²) in [6, 6.07) is 0.509. The van der Waals surface area contributed by atoms with Gasteiger partial charge in [0.25, 0.3) is 0 Å². The van der Waals surface area contributed by atoms with Crippen LogP contribution in [0.3, 0.4) is 0 Å². The monoisotopic (exact) mass is 307 g/mol. The van der Waals surface area contributed by atoms with Crippen LogP contribution >= 0.6 is 0 Å². The van der Waals surface area contributed by atoms with Gasteiger partial charge in [0.15, 0.2) is 5.90 Å². The van der Waals surface area contributed by atoms with E-state index in [2.05, 4.69) is 43.8 Å². The van der Waals surface area contributed by atoms with E-state index in [0.717, 1.165) is 19.4 Å². The number of nitrogens with one attached hydrogen (secondary N) is 1. The third-order valence-corrected chi connectivity index (χ3v) is 5.03. The molecule has 126 valence electrons. The predicted octanol–water partition coefficient (Wildman–Crippen LogP) is 3.14. The summed E-state index contributed by atoms with van der Waals surface area (Å²) in [5.74, 6) is 0.649. The summed E-state index contributed by atoms with van der Waals surface area (Å²) >= 11 is 0. The van der Waals surface area contributed by atoms with Gasteiger partial charge in [-0.15, -0.1) is 0 Å². The SMILES string of the molecule is CC1=CC(N(C)C)CCC1C(=N)OC(C)CN1CCCCC1. The minimum atomic E-state index is 0.116. The lowest BCUT2D eigenvalue weighted by Gasteiger charge is -2.33. The van der Waals surface area contributed by atoms with Crippen molar-refractivity contribution in [3.05, 3.63) is 11.6 Å². The van der Waals surface area contributed by atoms with E-state index >= 15 is 0 Å². The number of hydrogen-bond acceptors (Lipinski definition) is 4.